The Hall–Kier alpha value is -2.76. The van der Waals surface area contributed by atoms with Crippen molar-refractivity contribution < 1.29 is 14.8 Å². The van der Waals surface area contributed by atoms with Crippen LogP contribution in [-0.2, 0) is 6.54 Å². The van der Waals surface area contributed by atoms with Gasteiger partial charge in [0.25, 0.3) is 5.69 Å². The highest BCUT2D eigenvalue weighted by molar-refractivity contribution is 5.62. The summed E-state index contributed by atoms with van der Waals surface area (Å²) in [6.45, 7) is 2.20. The number of phenols is 1. The van der Waals surface area contributed by atoms with E-state index in [1.165, 1.54) is 19.2 Å². The van der Waals surface area contributed by atoms with Gasteiger partial charge < -0.3 is 15.2 Å². The van der Waals surface area contributed by atoms with E-state index in [1.807, 2.05) is 13.0 Å². The monoisotopic (exact) mass is 288 g/mol. The fourth-order valence-corrected chi connectivity index (χ4v) is 1.97. The van der Waals surface area contributed by atoms with Crippen molar-refractivity contribution in [1.82, 2.24) is 0 Å². The number of anilines is 1. The largest absolute Gasteiger partial charge is 0.504 e. The molecule has 0 unspecified atom stereocenters. The van der Waals surface area contributed by atoms with Gasteiger partial charge in [-0.3, -0.25) is 10.1 Å². The summed E-state index contributed by atoms with van der Waals surface area (Å²) in [5.41, 5.74) is 2.18. The maximum atomic E-state index is 11.0. The number of benzene rings is 2. The molecule has 6 heteroatoms. The fourth-order valence-electron chi connectivity index (χ4n) is 1.97. The van der Waals surface area contributed by atoms with E-state index < -0.39 is 4.92 Å². The van der Waals surface area contributed by atoms with Crippen LogP contribution < -0.4 is 10.1 Å². The third-order valence-electron chi connectivity index (χ3n) is 3.08. The maximum absolute atomic E-state index is 11.0. The minimum Gasteiger partial charge on any atom is -0.504 e. The van der Waals surface area contributed by atoms with E-state index in [0.29, 0.717) is 18.0 Å². The Kier molecular flexibility index (Phi) is 4.27. The van der Waals surface area contributed by atoms with Gasteiger partial charge in [0.2, 0.25) is 0 Å². The third kappa shape index (κ3) is 3.42. The van der Waals surface area contributed by atoms with Crippen LogP contribution >= 0.6 is 0 Å². The van der Waals surface area contributed by atoms with Crippen LogP contribution in [0.1, 0.15) is 11.1 Å². The zero-order valence-corrected chi connectivity index (χ0v) is 11.8. The zero-order valence-electron chi connectivity index (χ0n) is 11.8. The molecule has 6 nitrogen and oxygen atoms in total. The molecule has 2 N–H and O–H groups in total. The lowest BCUT2D eigenvalue weighted by atomic mass is 10.1. The minimum absolute atomic E-state index is 0.0424. The number of rotatable bonds is 5. The average molecular weight is 288 g/mol. The first-order valence-electron chi connectivity index (χ1n) is 6.36. The Morgan fingerprint density at radius 3 is 2.71 bits per heavy atom. The maximum Gasteiger partial charge on any atom is 0.292 e. The third-order valence-corrected chi connectivity index (χ3v) is 3.08. The molecule has 0 radical (unpaired) electrons. The van der Waals surface area contributed by atoms with Crippen LogP contribution in [0.3, 0.4) is 0 Å². The first kappa shape index (κ1) is 14.6. The van der Waals surface area contributed by atoms with E-state index in [4.69, 9.17) is 4.74 Å². The normalized spacial score (nSPS) is 10.2. The first-order valence-corrected chi connectivity index (χ1v) is 6.36. The van der Waals surface area contributed by atoms with Crippen molar-refractivity contribution in [3.05, 3.63) is 57.6 Å². The van der Waals surface area contributed by atoms with Gasteiger partial charge in [-0.25, -0.2) is 0 Å². The molecular weight excluding hydrogens is 272 g/mol. The number of aryl methyl sites for hydroxylation is 1. The van der Waals surface area contributed by atoms with Gasteiger partial charge in [-0.2, -0.15) is 0 Å². The van der Waals surface area contributed by atoms with Crippen molar-refractivity contribution in [2.24, 2.45) is 0 Å². The predicted molar refractivity (Wildman–Crippen MR) is 79.8 cm³/mol. The van der Waals surface area contributed by atoms with E-state index in [2.05, 4.69) is 5.32 Å². The Balaban J connectivity index is 2.18. The number of nitro benzene ring substituents is 1. The standard InChI is InChI=1S/C15H16N2O4/c1-10-3-5-12(13(7-10)17(19)20)16-9-11-4-6-14(18)15(8-11)21-2/h3-8,16,18H,9H2,1-2H3. The smallest absolute Gasteiger partial charge is 0.292 e. The van der Waals surface area contributed by atoms with Crippen LogP contribution in [0.4, 0.5) is 11.4 Å². The van der Waals surface area contributed by atoms with Crippen LogP contribution in [0.2, 0.25) is 0 Å². The summed E-state index contributed by atoms with van der Waals surface area (Å²) in [4.78, 5) is 10.6. The number of methoxy groups -OCH3 is 1. The molecule has 110 valence electrons. The second kappa shape index (κ2) is 6.13. The van der Waals surface area contributed by atoms with Gasteiger partial charge in [0.15, 0.2) is 11.5 Å². The van der Waals surface area contributed by atoms with Gasteiger partial charge in [0, 0.05) is 12.6 Å². The van der Waals surface area contributed by atoms with Crippen molar-refractivity contribution in [3.63, 3.8) is 0 Å². The van der Waals surface area contributed by atoms with Gasteiger partial charge in [-0.05, 0) is 36.2 Å². The summed E-state index contributed by atoms with van der Waals surface area (Å²) in [6.07, 6.45) is 0. The molecule has 0 saturated heterocycles. The topological polar surface area (TPSA) is 84.6 Å². The molecule has 0 aliphatic rings. The highest BCUT2D eigenvalue weighted by atomic mass is 16.6. The second-order valence-electron chi connectivity index (χ2n) is 4.64. The molecule has 0 aliphatic heterocycles. The highest BCUT2D eigenvalue weighted by Gasteiger charge is 2.13. The van der Waals surface area contributed by atoms with Crippen molar-refractivity contribution in [2.75, 3.05) is 12.4 Å². The lowest BCUT2D eigenvalue weighted by molar-refractivity contribution is -0.384. The van der Waals surface area contributed by atoms with Gasteiger partial charge >= 0.3 is 0 Å². The molecule has 2 rings (SSSR count). The predicted octanol–water partition coefficient (Wildman–Crippen LogP) is 3.23. The average Bonchev–Trinajstić information content (AvgIpc) is 2.47. The summed E-state index contributed by atoms with van der Waals surface area (Å²) in [5.74, 6) is 0.426. The van der Waals surface area contributed by atoms with E-state index in [-0.39, 0.29) is 11.4 Å². The molecule has 0 fully saturated rings. The summed E-state index contributed by atoms with van der Waals surface area (Å²) in [7, 11) is 1.47. The zero-order chi connectivity index (χ0) is 15.4. The lowest BCUT2D eigenvalue weighted by Crippen LogP contribution is -2.03. The van der Waals surface area contributed by atoms with Crippen molar-refractivity contribution in [1.29, 1.82) is 0 Å². The van der Waals surface area contributed by atoms with E-state index in [1.54, 1.807) is 18.2 Å². The van der Waals surface area contributed by atoms with Gasteiger partial charge in [-0.15, -0.1) is 0 Å². The first-order chi connectivity index (χ1) is 10.0. The van der Waals surface area contributed by atoms with Crippen molar-refractivity contribution in [3.8, 4) is 11.5 Å². The van der Waals surface area contributed by atoms with Crippen LogP contribution in [0, 0.1) is 17.0 Å². The number of hydrogen-bond acceptors (Lipinski definition) is 5. The number of aromatic hydroxyl groups is 1. The van der Waals surface area contributed by atoms with Crippen molar-refractivity contribution >= 4 is 11.4 Å². The van der Waals surface area contributed by atoms with Gasteiger partial charge in [-0.1, -0.05) is 12.1 Å². The molecular formula is C15H16N2O4. The second-order valence-corrected chi connectivity index (χ2v) is 4.64. The number of phenolic OH excluding ortho intramolecular Hbond substituents is 1. The Morgan fingerprint density at radius 2 is 2.05 bits per heavy atom. The van der Waals surface area contributed by atoms with Gasteiger partial charge in [0.1, 0.15) is 5.69 Å². The number of nitro groups is 1. The number of nitrogens with zero attached hydrogens (tertiary/aromatic N) is 1. The van der Waals surface area contributed by atoms with Crippen LogP contribution in [0.15, 0.2) is 36.4 Å². The number of hydrogen-bond donors (Lipinski definition) is 2. The Bertz CT molecular complexity index is 671. The molecule has 2 aromatic rings. The summed E-state index contributed by atoms with van der Waals surface area (Å²) >= 11 is 0. The molecule has 0 saturated carbocycles. The number of nitrogens with one attached hydrogen (secondary N) is 1. The van der Waals surface area contributed by atoms with Crippen LogP contribution in [0.25, 0.3) is 0 Å². The molecule has 0 atom stereocenters. The fraction of sp³-hybridized carbons (Fsp3) is 0.200. The Labute approximate surface area is 122 Å². The summed E-state index contributed by atoms with van der Waals surface area (Å²) in [6, 6.07) is 9.96. The number of ether oxygens (including phenoxy) is 1. The Morgan fingerprint density at radius 1 is 1.29 bits per heavy atom. The molecule has 0 aromatic heterocycles. The molecule has 0 bridgehead atoms. The van der Waals surface area contributed by atoms with E-state index in [9.17, 15) is 15.2 Å². The highest BCUT2D eigenvalue weighted by Crippen LogP contribution is 2.28. The molecule has 0 amide bonds. The quantitative estimate of drug-likeness (QED) is 0.651. The van der Waals surface area contributed by atoms with Crippen molar-refractivity contribution in [2.45, 2.75) is 13.5 Å². The van der Waals surface area contributed by atoms with Crippen LogP contribution in [-0.4, -0.2) is 17.1 Å². The summed E-state index contributed by atoms with van der Waals surface area (Å²) in [5, 5.41) is 23.6. The molecule has 0 heterocycles. The van der Waals surface area contributed by atoms with Gasteiger partial charge in [0.05, 0.1) is 12.0 Å². The van der Waals surface area contributed by atoms with Crippen LogP contribution in [0.5, 0.6) is 11.5 Å². The lowest BCUT2D eigenvalue weighted by Gasteiger charge is -2.10. The SMILES string of the molecule is COc1cc(CNc2ccc(C)cc2[N+](=O)[O-])ccc1O. The van der Waals surface area contributed by atoms with E-state index >= 15 is 0 Å². The van der Waals surface area contributed by atoms with E-state index in [0.717, 1.165) is 11.1 Å². The minimum atomic E-state index is -0.410. The molecule has 0 aliphatic carbocycles. The molecule has 21 heavy (non-hydrogen) atoms. The molecule has 0 spiro atoms. The molecule has 2 aromatic carbocycles. The summed E-state index contributed by atoms with van der Waals surface area (Å²) < 4.78 is 5.03.